The number of ether oxygens (including phenoxy) is 1. The molecule has 2 N–H and O–H groups in total. The van der Waals surface area contributed by atoms with Gasteiger partial charge in [-0.25, -0.2) is 0 Å². The topological polar surface area (TPSA) is 55.6 Å². The lowest BCUT2D eigenvalue weighted by Gasteiger charge is -2.19. The van der Waals surface area contributed by atoms with Crippen molar-refractivity contribution in [2.45, 2.75) is 12.5 Å². The van der Waals surface area contributed by atoms with Crippen LogP contribution >= 0.6 is 0 Å². The number of nitrogens with two attached hydrogens (primary N) is 1. The van der Waals surface area contributed by atoms with E-state index in [-0.39, 0.29) is 5.97 Å². The molecule has 4 nitrogen and oxygen atoms in total. The van der Waals surface area contributed by atoms with E-state index < -0.39 is 6.04 Å². The molecule has 0 spiro atoms. The normalized spacial score (nSPS) is 12.5. The largest absolute Gasteiger partial charge is 0.468 e. The number of hydrogen-bond acceptors (Lipinski definition) is 4. The van der Waals surface area contributed by atoms with Gasteiger partial charge in [0.05, 0.1) is 7.11 Å². The maximum Gasteiger partial charge on any atom is 0.323 e. The fourth-order valence-corrected chi connectivity index (χ4v) is 1.62. The van der Waals surface area contributed by atoms with Gasteiger partial charge in [0.1, 0.15) is 6.04 Å². The lowest BCUT2D eigenvalue weighted by atomic mass is 10.1. The first-order valence-electron chi connectivity index (χ1n) is 5.69. The minimum Gasteiger partial charge on any atom is -0.468 e. The highest BCUT2D eigenvalue weighted by atomic mass is 16.5. The van der Waals surface area contributed by atoms with Crippen molar-refractivity contribution in [2.75, 3.05) is 27.2 Å². The molecule has 0 aliphatic heterocycles. The predicted octanol–water partition coefficient (Wildman–Crippen LogP) is 0.661. The summed E-state index contributed by atoms with van der Waals surface area (Å²) < 4.78 is 4.59. The van der Waals surface area contributed by atoms with Gasteiger partial charge in [-0.1, -0.05) is 30.3 Å². The zero-order chi connectivity index (χ0) is 12.7. The Hall–Kier alpha value is -1.39. The van der Waals surface area contributed by atoms with Crippen molar-refractivity contribution in [3.05, 3.63) is 35.9 Å². The van der Waals surface area contributed by atoms with E-state index >= 15 is 0 Å². The SMILES string of the molecule is COC(=O)C(N)CN(C)CCc1ccccc1. The zero-order valence-electron chi connectivity index (χ0n) is 10.4. The molecule has 1 rings (SSSR count). The Morgan fingerprint density at radius 2 is 2.06 bits per heavy atom. The predicted molar refractivity (Wildman–Crippen MR) is 67.6 cm³/mol. The number of carbonyl (C=O) groups is 1. The van der Waals surface area contributed by atoms with E-state index in [9.17, 15) is 4.79 Å². The van der Waals surface area contributed by atoms with Crippen LogP contribution in [0.15, 0.2) is 30.3 Å². The summed E-state index contributed by atoms with van der Waals surface area (Å²) in [6.07, 6.45) is 0.950. The van der Waals surface area contributed by atoms with Crippen LogP contribution in [0.1, 0.15) is 5.56 Å². The molecule has 0 radical (unpaired) electrons. The van der Waals surface area contributed by atoms with Gasteiger partial charge in [0, 0.05) is 13.1 Å². The van der Waals surface area contributed by atoms with Crippen molar-refractivity contribution < 1.29 is 9.53 Å². The van der Waals surface area contributed by atoms with Gasteiger partial charge in [-0.3, -0.25) is 4.79 Å². The molecule has 0 fully saturated rings. The molecule has 1 atom stereocenters. The molecule has 0 aliphatic rings. The number of likely N-dealkylation sites (N-methyl/N-ethyl adjacent to an activating group) is 1. The summed E-state index contributed by atoms with van der Waals surface area (Å²) in [6.45, 7) is 1.38. The van der Waals surface area contributed by atoms with Crippen LogP contribution in [0, 0.1) is 0 Å². The van der Waals surface area contributed by atoms with E-state index in [0.29, 0.717) is 6.54 Å². The monoisotopic (exact) mass is 236 g/mol. The van der Waals surface area contributed by atoms with Crippen LogP contribution < -0.4 is 5.73 Å². The average molecular weight is 236 g/mol. The van der Waals surface area contributed by atoms with E-state index in [2.05, 4.69) is 16.9 Å². The number of rotatable bonds is 6. The van der Waals surface area contributed by atoms with Gasteiger partial charge in [-0.05, 0) is 19.0 Å². The summed E-state index contributed by atoms with van der Waals surface area (Å²) >= 11 is 0. The third kappa shape index (κ3) is 4.97. The van der Waals surface area contributed by atoms with Gasteiger partial charge >= 0.3 is 5.97 Å². The second-order valence-electron chi connectivity index (χ2n) is 4.13. The van der Waals surface area contributed by atoms with Crippen LogP contribution in [0.4, 0.5) is 0 Å². The van der Waals surface area contributed by atoms with Crippen LogP contribution in [0.3, 0.4) is 0 Å². The fourth-order valence-electron chi connectivity index (χ4n) is 1.62. The number of benzene rings is 1. The van der Waals surface area contributed by atoms with Crippen LogP contribution in [-0.2, 0) is 16.0 Å². The van der Waals surface area contributed by atoms with Gasteiger partial charge in [0.25, 0.3) is 0 Å². The second-order valence-corrected chi connectivity index (χ2v) is 4.13. The summed E-state index contributed by atoms with van der Waals surface area (Å²) in [5.74, 6) is -0.364. The van der Waals surface area contributed by atoms with Gasteiger partial charge in [0.2, 0.25) is 0 Å². The molecule has 0 amide bonds. The Balaban J connectivity index is 2.30. The molecular formula is C13H20N2O2. The van der Waals surface area contributed by atoms with Crippen molar-refractivity contribution >= 4 is 5.97 Å². The Bertz CT molecular complexity index is 341. The highest BCUT2D eigenvalue weighted by molar-refractivity contribution is 5.75. The first-order valence-corrected chi connectivity index (χ1v) is 5.69. The molecule has 1 aromatic rings. The van der Waals surface area contributed by atoms with Crippen molar-refractivity contribution in [3.63, 3.8) is 0 Å². The van der Waals surface area contributed by atoms with Crippen LogP contribution in [0.25, 0.3) is 0 Å². The molecular weight excluding hydrogens is 216 g/mol. The third-order valence-corrected chi connectivity index (χ3v) is 2.64. The minimum atomic E-state index is -0.569. The minimum absolute atomic E-state index is 0.364. The van der Waals surface area contributed by atoms with E-state index in [1.165, 1.54) is 12.7 Å². The quantitative estimate of drug-likeness (QED) is 0.737. The average Bonchev–Trinajstić information content (AvgIpc) is 2.36. The Morgan fingerprint density at radius 1 is 1.41 bits per heavy atom. The van der Waals surface area contributed by atoms with Crippen LogP contribution in [0.2, 0.25) is 0 Å². The van der Waals surface area contributed by atoms with Gasteiger partial charge in [0.15, 0.2) is 0 Å². The van der Waals surface area contributed by atoms with Crippen molar-refractivity contribution in [1.29, 1.82) is 0 Å². The van der Waals surface area contributed by atoms with E-state index in [1.807, 2.05) is 30.1 Å². The molecule has 0 bridgehead atoms. The number of esters is 1. The van der Waals surface area contributed by atoms with Gasteiger partial charge < -0.3 is 15.4 Å². The summed E-state index contributed by atoms with van der Waals surface area (Å²) in [6, 6.07) is 9.66. The van der Waals surface area contributed by atoms with E-state index in [0.717, 1.165) is 13.0 Å². The van der Waals surface area contributed by atoms with E-state index in [4.69, 9.17) is 5.73 Å². The van der Waals surface area contributed by atoms with Gasteiger partial charge in [-0.15, -0.1) is 0 Å². The standard InChI is InChI=1S/C13H20N2O2/c1-15(10-12(14)13(16)17-2)9-8-11-6-4-3-5-7-11/h3-7,12H,8-10,14H2,1-2H3. The first kappa shape index (κ1) is 13.7. The molecule has 0 aromatic heterocycles. The maximum absolute atomic E-state index is 11.1. The molecule has 0 saturated carbocycles. The maximum atomic E-state index is 11.1. The lowest BCUT2D eigenvalue weighted by molar-refractivity contribution is -0.142. The highest BCUT2D eigenvalue weighted by Gasteiger charge is 2.15. The lowest BCUT2D eigenvalue weighted by Crippen LogP contribution is -2.42. The first-order chi connectivity index (χ1) is 8.13. The number of nitrogens with zero attached hydrogens (tertiary/aromatic N) is 1. The summed E-state index contributed by atoms with van der Waals surface area (Å²) in [5.41, 5.74) is 6.96. The molecule has 94 valence electrons. The Kier molecular flexibility index (Phi) is 5.66. The molecule has 0 saturated heterocycles. The summed E-state index contributed by atoms with van der Waals surface area (Å²) in [5, 5.41) is 0. The molecule has 0 aliphatic carbocycles. The highest BCUT2D eigenvalue weighted by Crippen LogP contribution is 2.01. The van der Waals surface area contributed by atoms with E-state index in [1.54, 1.807) is 0 Å². The third-order valence-electron chi connectivity index (χ3n) is 2.64. The fraction of sp³-hybridized carbons (Fsp3) is 0.462. The Labute approximate surface area is 102 Å². The molecule has 0 heterocycles. The van der Waals surface area contributed by atoms with Crippen LogP contribution in [-0.4, -0.2) is 44.2 Å². The molecule has 4 heteroatoms. The molecule has 1 aromatic carbocycles. The van der Waals surface area contributed by atoms with Crippen molar-refractivity contribution in [2.24, 2.45) is 5.73 Å². The van der Waals surface area contributed by atoms with Gasteiger partial charge in [-0.2, -0.15) is 0 Å². The molecule has 17 heavy (non-hydrogen) atoms. The van der Waals surface area contributed by atoms with Crippen LogP contribution in [0.5, 0.6) is 0 Å². The summed E-state index contributed by atoms with van der Waals surface area (Å²) in [7, 11) is 3.30. The van der Waals surface area contributed by atoms with Crippen molar-refractivity contribution in [1.82, 2.24) is 4.90 Å². The van der Waals surface area contributed by atoms with Crippen molar-refractivity contribution in [3.8, 4) is 0 Å². The smallest absolute Gasteiger partial charge is 0.323 e. The zero-order valence-corrected chi connectivity index (χ0v) is 10.4. The number of hydrogen-bond donors (Lipinski definition) is 1. The number of methoxy groups -OCH3 is 1. The molecule has 1 unspecified atom stereocenters. The Morgan fingerprint density at radius 3 is 2.65 bits per heavy atom. The number of carbonyl (C=O) groups excluding carboxylic acids is 1. The summed E-state index contributed by atoms with van der Waals surface area (Å²) in [4.78, 5) is 13.2. The second kappa shape index (κ2) is 7.04.